The molecule has 0 unspecified atom stereocenters. The fourth-order valence-corrected chi connectivity index (χ4v) is 1.02. The van der Waals surface area contributed by atoms with Crippen LogP contribution in [-0.2, 0) is 4.79 Å². The van der Waals surface area contributed by atoms with Gasteiger partial charge in [0.25, 0.3) is 0 Å². The second-order valence-electron chi connectivity index (χ2n) is 1.38. The molecule has 8 heavy (non-hydrogen) atoms. The molecular weight excluding hydrogens is 144 g/mol. The molecule has 0 amide bonds. The first-order chi connectivity index (χ1) is 3.77. The number of carboxylic acid groups (broad SMARTS) is 1. The second kappa shape index (κ2) is 5.12. The van der Waals surface area contributed by atoms with Crippen molar-refractivity contribution in [3.05, 3.63) is 0 Å². The summed E-state index contributed by atoms with van der Waals surface area (Å²) in [6.07, 6.45) is 0.955. The van der Waals surface area contributed by atoms with Gasteiger partial charge < -0.3 is 5.11 Å². The van der Waals surface area contributed by atoms with Crippen molar-refractivity contribution in [2.45, 2.75) is 18.9 Å². The summed E-state index contributed by atoms with van der Waals surface area (Å²) < 4.78 is 0. The van der Waals surface area contributed by atoms with Crippen LogP contribution in [0.15, 0.2) is 0 Å². The van der Waals surface area contributed by atoms with E-state index in [1.54, 1.807) is 0 Å². The Balaban J connectivity index is 2.82. The van der Waals surface area contributed by atoms with Crippen LogP contribution in [0.1, 0.15) is 12.8 Å². The second-order valence-corrected chi connectivity index (χ2v) is 2.95. The molecule has 2 nitrogen and oxygen atoms in total. The molecule has 0 heterocycles. The number of hydrogen-bond donors (Lipinski definition) is 1. The summed E-state index contributed by atoms with van der Waals surface area (Å²) in [6.45, 7) is 0. The highest BCUT2D eigenvalue weighted by Crippen LogP contribution is 1.95. The van der Waals surface area contributed by atoms with Crippen LogP contribution in [0, 0.1) is 0 Å². The van der Waals surface area contributed by atoms with Gasteiger partial charge in [0.1, 0.15) is 0 Å². The minimum atomic E-state index is -0.736. The smallest absolute Gasteiger partial charge is 0.303 e. The van der Waals surface area contributed by atoms with Gasteiger partial charge in [0, 0.05) is 6.42 Å². The fraction of sp³-hybridized carbons (Fsp3) is 0.750. The van der Waals surface area contributed by atoms with E-state index in [0.29, 0.717) is 15.3 Å². The number of carbonyl (C=O) groups is 1. The van der Waals surface area contributed by atoms with Crippen LogP contribution in [0.3, 0.4) is 0 Å². The Morgan fingerprint density at radius 3 is 2.75 bits per heavy atom. The standard InChI is InChI=1S/C4H7ClO2Si/c5-8-3-1-2-4(6)7/h1-3H2,(H,6,7). The number of rotatable bonds is 4. The number of carboxylic acids is 1. The van der Waals surface area contributed by atoms with Crippen molar-refractivity contribution in [2.75, 3.05) is 0 Å². The monoisotopic (exact) mass is 150 g/mol. The summed E-state index contributed by atoms with van der Waals surface area (Å²) in [7, 11) is 0.366. The minimum Gasteiger partial charge on any atom is -0.481 e. The Morgan fingerprint density at radius 1 is 1.75 bits per heavy atom. The number of hydrogen-bond acceptors (Lipinski definition) is 1. The van der Waals surface area contributed by atoms with Gasteiger partial charge >= 0.3 is 5.97 Å². The van der Waals surface area contributed by atoms with E-state index in [2.05, 4.69) is 0 Å². The van der Waals surface area contributed by atoms with E-state index < -0.39 is 5.97 Å². The van der Waals surface area contributed by atoms with E-state index in [1.807, 2.05) is 0 Å². The Kier molecular flexibility index (Phi) is 5.11. The minimum absolute atomic E-state index is 0.250. The van der Waals surface area contributed by atoms with Crippen molar-refractivity contribution in [1.82, 2.24) is 0 Å². The molecule has 0 aromatic carbocycles. The van der Waals surface area contributed by atoms with Crippen molar-refractivity contribution in [1.29, 1.82) is 0 Å². The lowest BCUT2D eigenvalue weighted by molar-refractivity contribution is -0.137. The van der Waals surface area contributed by atoms with Crippen LogP contribution in [0.2, 0.25) is 6.04 Å². The summed E-state index contributed by atoms with van der Waals surface area (Å²) in [5.41, 5.74) is 0. The van der Waals surface area contributed by atoms with Crippen LogP contribution in [0.4, 0.5) is 0 Å². The lowest BCUT2D eigenvalue weighted by Crippen LogP contribution is -1.93. The average Bonchev–Trinajstić information content (AvgIpc) is 1.66. The third-order valence-corrected chi connectivity index (χ3v) is 1.77. The highest BCUT2D eigenvalue weighted by Gasteiger charge is 1.94. The Hall–Kier alpha value is -0.0231. The van der Waals surface area contributed by atoms with Gasteiger partial charge in [0.15, 0.2) is 8.83 Å². The van der Waals surface area contributed by atoms with Gasteiger partial charge in [0.05, 0.1) is 0 Å². The zero-order valence-corrected chi connectivity index (χ0v) is 6.11. The summed E-state index contributed by atoms with van der Waals surface area (Å²) in [5.74, 6) is -0.736. The van der Waals surface area contributed by atoms with Crippen LogP contribution in [0.5, 0.6) is 0 Å². The average molecular weight is 151 g/mol. The Morgan fingerprint density at radius 2 is 2.38 bits per heavy atom. The van der Waals surface area contributed by atoms with Gasteiger partial charge in [0.2, 0.25) is 0 Å². The van der Waals surface area contributed by atoms with Crippen molar-refractivity contribution in [3.8, 4) is 0 Å². The lowest BCUT2D eigenvalue weighted by atomic mass is 10.3. The summed E-state index contributed by atoms with van der Waals surface area (Å²) >= 11 is 5.32. The highest BCUT2D eigenvalue weighted by atomic mass is 35.6. The topological polar surface area (TPSA) is 37.3 Å². The number of aliphatic carboxylic acids is 1. The SMILES string of the molecule is O=C(O)CCC[Si]Cl. The molecule has 0 aromatic heterocycles. The molecule has 0 aliphatic carbocycles. The van der Waals surface area contributed by atoms with Gasteiger partial charge in [-0.15, -0.1) is 0 Å². The highest BCUT2D eigenvalue weighted by molar-refractivity contribution is 6.93. The molecule has 0 aromatic rings. The molecule has 2 radical (unpaired) electrons. The molecule has 0 rings (SSSR count). The maximum absolute atomic E-state index is 9.83. The summed E-state index contributed by atoms with van der Waals surface area (Å²) in [4.78, 5) is 9.83. The summed E-state index contributed by atoms with van der Waals surface area (Å²) in [6, 6.07) is 0.827. The Bertz CT molecular complexity index is 76.4. The Labute approximate surface area is 55.4 Å². The predicted molar refractivity (Wildman–Crippen MR) is 33.3 cm³/mol. The number of halogens is 1. The van der Waals surface area contributed by atoms with Crippen molar-refractivity contribution in [3.63, 3.8) is 0 Å². The first kappa shape index (κ1) is 7.98. The maximum Gasteiger partial charge on any atom is 0.303 e. The molecule has 4 heteroatoms. The van der Waals surface area contributed by atoms with Crippen LogP contribution in [0.25, 0.3) is 0 Å². The normalized spacial score (nSPS) is 9.12. The molecule has 0 bridgehead atoms. The maximum atomic E-state index is 9.83. The van der Waals surface area contributed by atoms with E-state index in [1.165, 1.54) is 0 Å². The quantitative estimate of drug-likeness (QED) is 0.371. The van der Waals surface area contributed by atoms with E-state index in [9.17, 15) is 4.79 Å². The zero-order chi connectivity index (χ0) is 6.41. The van der Waals surface area contributed by atoms with Crippen molar-refractivity contribution < 1.29 is 9.90 Å². The molecule has 1 N–H and O–H groups in total. The van der Waals surface area contributed by atoms with Crippen LogP contribution < -0.4 is 0 Å². The van der Waals surface area contributed by atoms with E-state index in [4.69, 9.17) is 16.2 Å². The third kappa shape index (κ3) is 5.98. The molecule has 0 aliphatic heterocycles. The van der Waals surface area contributed by atoms with Crippen molar-refractivity contribution in [2.24, 2.45) is 0 Å². The van der Waals surface area contributed by atoms with Gasteiger partial charge in [-0.1, -0.05) is 0 Å². The van der Waals surface area contributed by atoms with Crippen molar-refractivity contribution >= 4 is 25.9 Å². The molecule has 0 saturated carbocycles. The van der Waals surface area contributed by atoms with Gasteiger partial charge in [-0.05, 0) is 12.5 Å². The lowest BCUT2D eigenvalue weighted by Gasteiger charge is -1.87. The van der Waals surface area contributed by atoms with E-state index in [0.717, 1.165) is 6.04 Å². The van der Waals surface area contributed by atoms with E-state index in [-0.39, 0.29) is 6.42 Å². The first-order valence-corrected chi connectivity index (χ1v) is 4.54. The fourth-order valence-electron chi connectivity index (χ4n) is 0.306. The van der Waals surface area contributed by atoms with Gasteiger partial charge in [-0.2, -0.15) is 11.1 Å². The molecule has 46 valence electrons. The third-order valence-electron chi connectivity index (χ3n) is 0.662. The first-order valence-electron chi connectivity index (χ1n) is 2.32. The molecule has 0 saturated heterocycles. The molecule has 0 aliphatic rings. The van der Waals surface area contributed by atoms with Crippen LogP contribution >= 0.6 is 11.1 Å². The molecular formula is C4H7ClO2Si. The zero-order valence-electron chi connectivity index (χ0n) is 4.35. The molecule has 0 atom stereocenters. The molecule has 0 fully saturated rings. The predicted octanol–water partition coefficient (Wildman–Crippen LogP) is 1.13. The largest absolute Gasteiger partial charge is 0.481 e. The van der Waals surface area contributed by atoms with Gasteiger partial charge in [-0.3, -0.25) is 4.79 Å². The summed E-state index contributed by atoms with van der Waals surface area (Å²) in [5, 5.41) is 8.10. The van der Waals surface area contributed by atoms with E-state index >= 15 is 0 Å². The van der Waals surface area contributed by atoms with Crippen LogP contribution in [-0.4, -0.2) is 19.9 Å². The molecule has 0 spiro atoms. The van der Waals surface area contributed by atoms with Gasteiger partial charge in [-0.25, -0.2) is 0 Å².